The molecule has 2 aromatic carbocycles. The topological polar surface area (TPSA) is 53.2 Å². The number of hydrogen-bond acceptors (Lipinski definition) is 2. The number of nitrogens with one attached hydrogen (secondary N) is 1. The molecule has 1 fully saturated rings. The number of halogens is 1. The van der Waals surface area contributed by atoms with Crippen molar-refractivity contribution >= 4 is 16.8 Å². The number of rotatable bonds is 4. The first-order valence-corrected chi connectivity index (χ1v) is 10.1. The Kier molecular flexibility index (Phi) is 5.47. The number of amides is 1. The Balaban J connectivity index is 1.35. The second kappa shape index (κ2) is 8.19. The molecule has 3 aromatic rings. The number of aromatic amines is 1. The molecule has 0 radical (unpaired) electrons. The summed E-state index contributed by atoms with van der Waals surface area (Å²) in [6, 6.07) is 14.3. The van der Waals surface area contributed by atoms with Crippen LogP contribution >= 0.6 is 0 Å². The summed E-state index contributed by atoms with van der Waals surface area (Å²) in [5.41, 5.74) is 3.50. The molecule has 1 aliphatic rings. The van der Waals surface area contributed by atoms with Crippen molar-refractivity contribution in [3.63, 3.8) is 0 Å². The van der Waals surface area contributed by atoms with E-state index < -0.39 is 0 Å². The van der Waals surface area contributed by atoms with Gasteiger partial charge in [-0.2, -0.15) is 0 Å². The van der Waals surface area contributed by atoms with E-state index in [0.29, 0.717) is 17.9 Å². The first-order valence-electron chi connectivity index (χ1n) is 10.1. The van der Waals surface area contributed by atoms with Crippen molar-refractivity contribution in [2.24, 2.45) is 5.92 Å². The van der Waals surface area contributed by atoms with Gasteiger partial charge < -0.3 is 9.88 Å². The molecule has 5 heteroatoms. The highest BCUT2D eigenvalue weighted by atomic mass is 19.1. The van der Waals surface area contributed by atoms with Crippen LogP contribution in [0, 0.1) is 18.7 Å². The van der Waals surface area contributed by atoms with Gasteiger partial charge in [-0.3, -0.25) is 9.59 Å². The molecule has 1 aromatic heterocycles. The third kappa shape index (κ3) is 4.56. The van der Waals surface area contributed by atoms with Gasteiger partial charge in [0.1, 0.15) is 5.82 Å². The zero-order chi connectivity index (χ0) is 20.4. The summed E-state index contributed by atoms with van der Waals surface area (Å²) < 4.78 is 13.0. The normalized spacial score (nSPS) is 15.0. The number of benzene rings is 2. The molecule has 29 heavy (non-hydrogen) atoms. The zero-order valence-electron chi connectivity index (χ0n) is 16.6. The summed E-state index contributed by atoms with van der Waals surface area (Å²) in [5.74, 6) is 0.472. The Morgan fingerprint density at radius 1 is 1.07 bits per heavy atom. The molecule has 2 heterocycles. The summed E-state index contributed by atoms with van der Waals surface area (Å²) in [6.07, 6.45) is 3.25. The van der Waals surface area contributed by atoms with E-state index in [-0.39, 0.29) is 17.3 Å². The number of carbonyl (C=O) groups excluding carboxylic acids is 1. The van der Waals surface area contributed by atoms with E-state index in [4.69, 9.17) is 0 Å². The van der Waals surface area contributed by atoms with Crippen LogP contribution in [-0.2, 0) is 17.6 Å². The summed E-state index contributed by atoms with van der Waals surface area (Å²) in [4.78, 5) is 29.3. The molecule has 4 nitrogen and oxygen atoms in total. The van der Waals surface area contributed by atoms with Crippen molar-refractivity contribution in [1.29, 1.82) is 0 Å². The Morgan fingerprint density at radius 2 is 1.76 bits per heavy atom. The lowest BCUT2D eigenvalue weighted by molar-refractivity contribution is -0.131. The molecule has 1 amide bonds. The molecule has 150 valence electrons. The van der Waals surface area contributed by atoms with Crippen molar-refractivity contribution < 1.29 is 9.18 Å². The van der Waals surface area contributed by atoms with Gasteiger partial charge in [-0.25, -0.2) is 4.39 Å². The molecular weight excluding hydrogens is 367 g/mol. The third-order valence-electron chi connectivity index (χ3n) is 5.85. The number of aryl methyl sites for hydroxylation is 1. The first kappa shape index (κ1) is 19.4. The maximum absolute atomic E-state index is 13.0. The van der Waals surface area contributed by atoms with Crippen LogP contribution in [0.2, 0.25) is 0 Å². The van der Waals surface area contributed by atoms with E-state index in [0.717, 1.165) is 54.4 Å². The van der Waals surface area contributed by atoms with Gasteiger partial charge in [-0.15, -0.1) is 0 Å². The van der Waals surface area contributed by atoms with Crippen LogP contribution in [0.1, 0.15) is 29.5 Å². The van der Waals surface area contributed by atoms with Gasteiger partial charge in [-0.1, -0.05) is 18.2 Å². The number of nitrogens with zero attached hydrogens (tertiary/aromatic N) is 1. The summed E-state index contributed by atoms with van der Waals surface area (Å²) >= 11 is 0. The Morgan fingerprint density at radius 3 is 2.48 bits per heavy atom. The van der Waals surface area contributed by atoms with Gasteiger partial charge in [0.25, 0.3) is 5.56 Å². The van der Waals surface area contributed by atoms with Crippen LogP contribution in [0.25, 0.3) is 10.9 Å². The van der Waals surface area contributed by atoms with E-state index in [1.165, 1.54) is 12.1 Å². The fourth-order valence-electron chi connectivity index (χ4n) is 4.10. The van der Waals surface area contributed by atoms with Crippen molar-refractivity contribution in [2.45, 2.75) is 32.6 Å². The standard InChI is InChI=1S/C24H25FN2O2/c1-16-12-20-14-19(4-7-22(20)26-24(16)29)15-23(28)27-10-8-18(9-11-27)13-17-2-5-21(25)6-3-17/h2-7,12,14,18H,8-11,13,15H2,1H3,(H,26,29). The van der Waals surface area contributed by atoms with Gasteiger partial charge in [0.15, 0.2) is 0 Å². The Bertz CT molecular complexity index is 1080. The highest BCUT2D eigenvalue weighted by Crippen LogP contribution is 2.23. The van der Waals surface area contributed by atoms with Crippen molar-refractivity contribution in [3.05, 3.63) is 81.4 Å². The maximum atomic E-state index is 13.0. The van der Waals surface area contributed by atoms with Gasteiger partial charge in [0.05, 0.1) is 6.42 Å². The lowest BCUT2D eigenvalue weighted by Crippen LogP contribution is -2.39. The molecule has 0 unspecified atom stereocenters. The second-order valence-electron chi connectivity index (χ2n) is 8.03. The van der Waals surface area contributed by atoms with E-state index in [2.05, 4.69) is 4.98 Å². The van der Waals surface area contributed by atoms with Crippen molar-refractivity contribution in [1.82, 2.24) is 9.88 Å². The predicted octanol–water partition coefficient (Wildman–Crippen LogP) is 4.00. The average molecular weight is 392 g/mol. The summed E-state index contributed by atoms with van der Waals surface area (Å²) in [6.45, 7) is 3.32. The van der Waals surface area contributed by atoms with Crippen LogP contribution in [0.3, 0.4) is 0 Å². The number of likely N-dealkylation sites (tertiary alicyclic amines) is 1. The van der Waals surface area contributed by atoms with Crippen LogP contribution in [0.5, 0.6) is 0 Å². The van der Waals surface area contributed by atoms with Crippen LogP contribution in [0.15, 0.2) is 53.3 Å². The molecule has 1 saturated heterocycles. The molecule has 1 N–H and O–H groups in total. The van der Waals surface area contributed by atoms with Crippen molar-refractivity contribution in [2.75, 3.05) is 13.1 Å². The Hall–Kier alpha value is -2.95. The molecule has 0 bridgehead atoms. The van der Waals surface area contributed by atoms with E-state index >= 15 is 0 Å². The SMILES string of the molecule is Cc1cc2cc(CC(=O)N3CCC(Cc4ccc(F)cc4)CC3)ccc2[nH]c1=O. The number of pyridine rings is 1. The molecule has 0 aliphatic carbocycles. The number of hydrogen-bond donors (Lipinski definition) is 1. The van der Waals surface area contributed by atoms with Crippen LogP contribution in [-0.4, -0.2) is 28.9 Å². The number of H-pyrrole nitrogens is 1. The molecule has 0 spiro atoms. The highest BCUT2D eigenvalue weighted by molar-refractivity contribution is 5.83. The monoisotopic (exact) mass is 392 g/mol. The average Bonchev–Trinajstić information content (AvgIpc) is 2.71. The second-order valence-corrected chi connectivity index (χ2v) is 8.03. The largest absolute Gasteiger partial charge is 0.342 e. The molecule has 0 atom stereocenters. The van der Waals surface area contributed by atoms with E-state index in [1.54, 1.807) is 6.92 Å². The molecule has 4 rings (SSSR count). The third-order valence-corrected chi connectivity index (χ3v) is 5.85. The van der Waals surface area contributed by atoms with E-state index in [9.17, 15) is 14.0 Å². The fourth-order valence-corrected chi connectivity index (χ4v) is 4.10. The van der Waals surface area contributed by atoms with Gasteiger partial charge in [0, 0.05) is 24.2 Å². The number of fused-ring (bicyclic) bond motifs is 1. The van der Waals surface area contributed by atoms with Crippen LogP contribution < -0.4 is 5.56 Å². The number of piperidine rings is 1. The Labute approximate surface area is 169 Å². The van der Waals surface area contributed by atoms with Gasteiger partial charge >= 0.3 is 0 Å². The lowest BCUT2D eigenvalue weighted by atomic mass is 9.90. The zero-order valence-corrected chi connectivity index (χ0v) is 16.6. The predicted molar refractivity (Wildman–Crippen MR) is 112 cm³/mol. The van der Waals surface area contributed by atoms with Crippen molar-refractivity contribution in [3.8, 4) is 0 Å². The number of aromatic nitrogens is 1. The minimum Gasteiger partial charge on any atom is -0.342 e. The van der Waals surface area contributed by atoms with Crippen LogP contribution in [0.4, 0.5) is 4.39 Å². The summed E-state index contributed by atoms with van der Waals surface area (Å²) in [5, 5.41) is 0.949. The van der Waals surface area contributed by atoms with Gasteiger partial charge in [0.2, 0.25) is 5.91 Å². The quantitative estimate of drug-likeness (QED) is 0.730. The molecular formula is C24H25FN2O2. The smallest absolute Gasteiger partial charge is 0.251 e. The highest BCUT2D eigenvalue weighted by Gasteiger charge is 2.23. The van der Waals surface area contributed by atoms with E-state index in [1.807, 2.05) is 41.3 Å². The lowest BCUT2D eigenvalue weighted by Gasteiger charge is -2.32. The van der Waals surface area contributed by atoms with Gasteiger partial charge in [-0.05, 0) is 78.9 Å². The minimum atomic E-state index is -0.204. The number of carbonyl (C=O) groups is 1. The first-order chi connectivity index (χ1) is 14.0. The maximum Gasteiger partial charge on any atom is 0.251 e. The minimum absolute atomic E-state index is 0.0789. The molecule has 1 aliphatic heterocycles. The fraction of sp³-hybridized carbons (Fsp3) is 0.333. The summed E-state index contributed by atoms with van der Waals surface area (Å²) in [7, 11) is 0. The molecule has 0 saturated carbocycles.